The maximum Gasteiger partial charge on any atom is 0.233 e. The molecule has 0 aromatic heterocycles. The lowest BCUT2D eigenvalue weighted by Crippen LogP contribution is -2.47. The van der Waals surface area contributed by atoms with Crippen LogP contribution in [-0.2, 0) is 4.79 Å². The van der Waals surface area contributed by atoms with Crippen molar-refractivity contribution in [2.24, 2.45) is 0 Å². The molecule has 0 saturated carbocycles. The summed E-state index contributed by atoms with van der Waals surface area (Å²) in [6.07, 6.45) is 3.20. The van der Waals surface area contributed by atoms with Crippen LogP contribution in [0.5, 0.6) is 0 Å². The zero-order valence-corrected chi connectivity index (χ0v) is 15.1. The van der Waals surface area contributed by atoms with Crippen LogP contribution in [0.3, 0.4) is 0 Å². The molecule has 22 heavy (non-hydrogen) atoms. The van der Waals surface area contributed by atoms with Gasteiger partial charge in [0.05, 0.1) is 5.75 Å². The third-order valence-electron chi connectivity index (χ3n) is 3.92. The molecule has 1 aromatic rings. The molecule has 1 aliphatic rings. The van der Waals surface area contributed by atoms with Crippen molar-refractivity contribution in [2.45, 2.75) is 44.0 Å². The van der Waals surface area contributed by atoms with E-state index in [1.807, 2.05) is 0 Å². The number of halogens is 1. The number of amides is 1. The van der Waals surface area contributed by atoms with Crippen molar-refractivity contribution >= 4 is 30.1 Å². The Kier molecular flexibility index (Phi) is 8.91. The van der Waals surface area contributed by atoms with E-state index in [1.54, 1.807) is 11.8 Å². The zero-order chi connectivity index (χ0) is 15.1. The Bertz CT molecular complexity index is 446. The molecule has 1 fully saturated rings. The minimum absolute atomic E-state index is 0. The van der Waals surface area contributed by atoms with E-state index in [9.17, 15) is 4.79 Å². The molecule has 1 aromatic carbocycles. The van der Waals surface area contributed by atoms with Crippen LogP contribution in [0.4, 0.5) is 0 Å². The molecule has 2 rings (SSSR count). The van der Waals surface area contributed by atoms with Gasteiger partial charge in [0.15, 0.2) is 0 Å². The molecule has 0 spiro atoms. The fourth-order valence-corrected chi connectivity index (χ4v) is 3.52. The van der Waals surface area contributed by atoms with Gasteiger partial charge in [-0.25, -0.2) is 0 Å². The predicted octanol–water partition coefficient (Wildman–Crippen LogP) is 3.50. The molecule has 0 unspecified atom stereocenters. The summed E-state index contributed by atoms with van der Waals surface area (Å²) >= 11 is 1.65. The quantitative estimate of drug-likeness (QED) is 0.803. The first kappa shape index (κ1) is 19.3. The predicted molar refractivity (Wildman–Crippen MR) is 97.0 cm³/mol. The van der Waals surface area contributed by atoms with E-state index >= 15 is 0 Å². The van der Waals surface area contributed by atoms with E-state index in [1.165, 1.54) is 10.5 Å². The normalized spacial score (nSPS) is 15.2. The molecule has 1 aliphatic heterocycles. The van der Waals surface area contributed by atoms with E-state index in [2.05, 4.69) is 48.3 Å². The minimum atomic E-state index is 0. The summed E-state index contributed by atoms with van der Waals surface area (Å²) in [5.41, 5.74) is 1.26. The number of carbonyl (C=O) groups excluding carboxylic acids is 1. The van der Waals surface area contributed by atoms with Gasteiger partial charge in [-0.05, 0) is 51.4 Å². The highest BCUT2D eigenvalue weighted by atomic mass is 35.5. The monoisotopic (exact) mass is 342 g/mol. The molecule has 0 radical (unpaired) electrons. The van der Waals surface area contributed by atoms with Gasteiger partial charge in [-0.3, -0.25) is 4.79 Å². The second-order valence-electron chi connectivity index (χ2n) is 5.67. The van der Waals surface area contributed by atoms with Crippen LogP contribution in [0.25, 0.3) is 0 Å². The molecule has 1 amide bonds. The summed E-state index contributed by atoms with van der Waals surface area (Å²) in [7, 11) is 0. The van der Waals surface area contributed by atoms with Gasteiger partial charge >= 0.3 is 0 Å². The Morgan fingerprint density at radius 1 is 1.27 bits per heavy atom. The van der Waals surface area contributed by atoms with E-state index in [4.69, 9.17) is 0 Å². The number of nitrogens with zero attached hydrogens (tertiary/aromatic N) is 1. The molecule has 1 N–H and O–H groups in total. The largest absolute Gasteiger partial charge is 0.339 e. The molecule has 0 bridgehead atoms. The van der Waals surface area contributed by atoms with Crippen LogP contribution in [0, 0.1) is 6.92 Å². The lowest BCUT2D eigenvalue weighted by atomic mass is 10.0. The molecule has 0 atom stereocenters. The number of carbonyl (C=O) groups is 1. The number of hydrogen-bond donors (Lipinski definition) is 1. The third-order valence-corrected chi connectivity index (χ3v) is 4.91. The van der Waals surface area contributed by atoms with Crippen LogP contribution in [0.1, 0.15) is 31.7 Å². The average Bonchev–Trinajstić information content (AvgIpc) is 2.52. The first-order chi connectivity index (χ1) is 10.2. The molecule has 0 aliphatic carbocycles. The SMILES string of the molecule is CCCN(C(=O)CSc1ccc(C)cc1)C1CCNCC1.Cl. The van der Waals surface area contributed by atoms with Gasteiger partial charge in [0.2, 0.25) is 5.91 Å². The van der Waals surface area contributed by atoms with E-state index < -0.39 is 0 Å². The lowest BCUT2D eigenvalue weighted by molar-refractivity contribution is -0.131. The highest BCUT2D eigenvalue weighted by Crippen LogP contribution is 2.20. The summed E-state index contributed by atoms with van der Waals surface area (Å²) in [4.78, 5) is 15.8. The number of benzene rings is 1. The molecule has 1 saturated heterocycles. The van der Waals surface area contributed by atoms with Crippen molar-refractivity contribution in [3.63, 3.8) is 0 Å². The fraction of sp³-hybridized carbons (Fsp3) is 0.588. The van der Waals surface area contributed by atoms with Gasteiger partial charge < -0.3 is 10.2 Å². The molecular formula is C17H27ClN2OS. The van der Waals surface area contributed by atoms with Gasteiger partial charge in [0.25, 0.3) is 0 Å². The van der Waals surface area contributed by atoms with Crippen molar-refractivity contribution in [1.29, 1.82) is 0 Å². The van der Waals surface area contributed by atoms with Crippen molar-refractivity contribution in [2.75, 3.05) is 25.4 Å². The molecule has 1 heterocycles. The summed E-state index contributed by atoms with van der Waals surface area (Å²) in [5, 5.41) is 3.37. The van der Waals surface area contributed by atoms with Crippen LogP contribution >= 0.6 is 24.2 Å². The Labute approximate surface area is 144 Å². The highest BCUT2D eigenvalue weighted by molar-refractivity contribution is 8.00. The maximum absolute atomic E-state index is 12.6. The Hall–Kier alpha value is -0.710. The van der Waals surface area contributed by atoms with E-state index in [0.29, 0.717) is 11.8 Å². The highest BCUT2D eigenvalue weighted by Gasteiger charge is 2.24. The number of nitrogens with one attached hydrogen (secondary N) is 1. The van der Waals surface area contributed by atoms with Crippen LogP contribution in [0.2, 0.25) is 0 Å². The van der Waals surface area contributed by atoms with Crippen molar-refractivity contribution in [3.05, 3.63) is 29.8 Å². The van der Waals surface area contributed by atoms with Crippen molar-refractivity contribution in [1.82, 2.24) is 10.2 Å². The number of aryl methyl sites for hydroxylation is 1. The minimum Gasteiger partial charge on any atom is -0.339 e. The van der Waals surface area contributed by atoms with Crippen molar-refractivity contribution < 1.29 is 4.79 Å². The third kappa shape index (κ3) is 5.82. The first-order valence-electron chi connectivity index (χ1n) is 7.90. The molecule has 5 heteroatoms. The summed E-state index contributed by atoms with van der Waals surface area (Å²) in [6, 6.07) is 8.83. The van der Waals surface area contributed by atoms with Crippen LogP contribution in [0.15, 0.2) is 29.2 Å². The smallest absolute Gasteiger partial charge is 0.233 e. The van der Waals surface area contributed by atoms with Crippen LogP contribution < -0.4 is 5.32 Å². The standard InChI is InChI=1S/C17H26N2OS.ClH/c1-3-12-19(15-8-10-18-11-9-15)17(20)13-21-16-6-4-14(2)5-7-16;/h4-7,15,18H,3,8-13H2,1-2H3;1H. The van der Waals surface area contributed by atoms with Crippen LogP contribution in [-0.4, -0.2) is 42.2 Å². The van der Waals surface area contributed by atoms with Crippen molar-refractivity contribution in [3.8, 4) is 0 Å². The number of thioether (sulfide) groups is 1. The maximum atomic E-state index is 12.6. The summed E-state index contributed by atoms with van der Waals surface area (Å²) < 4.78 is 0. The molecule has 3 nitrogen and oxygen atoms in total. The Morgan fingerprint density at radius 3 is 2.50 bits per heavy atom. The van der Waals surface area contributed by atoms with E-state index in [-0.39, 0.29) is 18.3 Å². The fourth-order valence-electron chi connectivity index (χ4n) is 2.73. The van der Waals surface area contributed by atoms with E-state index in [0.717, 1.165) is 38.9 Å². The van der Waals surface area contributed by atoms with Gasteiger partial charge in [0, 0.05) is 17.5 Å². The number of rotatable bonds is 6. The second kappa shape index (κ2) is 10.1. The van der Waals surface area contributed by atoms with Gasteiger partial charge in [0.1, 0.15) is 0 Å². The number of piperidine rings is 1. The second-order valence-corrected chi connectivity index (χ2v) is 6.72. The Balaban J connectivity index is 0.00000242. The van der Waals surface area contributed by atoms with Gasteiger partial charge in [-0.15, -0.1) is 24.2 Å². The Morgan fingerprint density at radius 2 is 1.91 bits per heavy atom. The lowest BCUT2D eigenvalue weighted by Gasteiger charge is -2.34. The average molecular weight is 343 g/mol. The topological polar surface area (TPSA) is 32.3 Å². The zero-order valence-electron chi connectivity index (χ0n) is 13.5. The molecular weight excluding hydrogens is 316 g/mol. The summed E-state index contributed by atoms with van der Waals surface area (Å²) in [5.74, 6) is 0.835. The molecule has 124 valence electrons. The van der Waals surface area contributed by atoms with Gasteiger partial charge in [-0.1, -0.05) is 24.6 Å². The first-order valence-corrected chi connectivity index (χ1v) is 8.89. The summed E-state index contributed by atoms with van der Waals surface area (Å²) in [6.45, 7) is 7.18. The van der Waals surface area contributed by atoms with Gasteiger partial charge in [-0.2, -0.15) is 0 Å². The number of hydrogen-bond acceptors (Lipinski definition) is 3.